The van der Waals surface area contributed by atoms with Crippen molar-refractivity contribution in [1.82, 2.24) is 4.90 Å². The van der Waals surface area contributed by atoms with Crippen LogP contribution in [0.5, 0.6) is 5.75 Å². The zero-order valence-electron chi connectivity index (χ0n) is 14.2. The van der Waals surface area contributed by atoms with Crippen LogP contribution in [0.1, 0.15) is 49.4 Å². The summed E-state index contributed by atoms with van der Waals surface area (Å²) in [5, 5.41) is 11.7. The summed E-state index contributed by atoms with van der Waals surface area (Å²) in [7, 11) is 0. The number of hydrogen-bond acceptors (Lipinski definition) is 4. The molecule has 7 nitrogen and oxygen atoms in total. The van der Waals surface area contributed by atoms with Crippen LogP contribution in [0.25, 0.3) is 0 Å². The third-order valence-electron chi connectivity index (χ3n) is 4.75. The Morgan fingerprint density at radius 3 is 2.92 bits per heavy atom. The van der Waals surface area contributed by atoms with Crippen molar-refractivity contribution in [2.24, 2.45) is 0 Å². The number of para-hydroxylation sites is 1. The van der Waals surface area contributed by atoms with Gasteiger partial charge in [0.05, 0.1) is 11.3 Å². The molecule has 0 aromatic heterocycles. The first-order chi connectivity index (χ1) is 12.0. The number of carboxylic acids is 1. The number of carbonyl (C=O) groups is 3. The molecule has 1 aromatic carbocycles. The summed E-state index contributed by atoms with van der Waals surface area (Å²) in [5.74, 6) is -0.873. The molecule has 3 rings (SSSR count). The molecule has 2 unspecified atom stereocenters. The van der Waals surface area contributed by atoms with E-state index in [1.165, 1.54) is 0 Å². The van der Waals surface area contributed by atoms with Crippen molar-refractivity contribution in [2.75, 3.05) is 11.9 Å². The van der Waals surface area contributed by atoms with Crippen molar-refractivity contribution in [3.8, 4) is 5.75 Å². The Morgan fingerprint density at radius 2 is 2.16 bits per heavy atom. The summed E-state index contributed by atoms with van der Waals surface area (Å²) in [6.45, 7) is 2.24. The van der Waals surface area contributed by atoms with Gasteiger partial charge in [0.2, 0.25) is 0 Å². The Morgan fingerprint density at radius 1 is 1.36 bits per heavy atom. The summed E-state index contributed by atoms with van der Waals surface area (Å²) in [4.78, 5) is 37.5. The van der Waals surface area contributed by atoms with E-state index in [-0.39, 0.29) is 24.3 Å². The summed E-state index contributed by atoms with van der Waals surface area (Å²) in [6.07, 6.45) is 2.53. The van der Waals surface area contributed by atoms with Gasteiger partial charge < -0.3 is 20.1 Å². The average Bonchev–Trinajstić information content (AvgIpc) is 2.60. The molecule has 2 N–H and O–H groups in total. The molecule has 2 aliphatic rings. The number of hydrogen-bond donors (Lipinski definition) is 2. The lowest BCUT2D eigenvalue weighted by Gasteiger charge is -2.36. The minimum Gasteiger partial charge on any atom is -0.481 e. The largest absolute Gasteiger partial charge is 0.481 e. The molecule has 1 saturated heterocycles. The van der Waals surface area contributed by atoms with Gasteiger partial charge in [-0.25, -0.2) is 0 Å². The minimum absolute atomic E-state index is 0.0466. The van der Waals surface area contributed by atoms with Gasteiger partial charge in [-0.15, -0.1) is 0 Å². The molecular weight excluding hydrogens is 324 g/mol. The summed E-state index contributed by atoms with van der Waals surface area (Å²) >= 11 is 0. The molecule has 0 bridgehead atoms. The molecule has 2 atom stereocenters. The highest BCUT2D eigenvalue weighted by Crippen LogP contribution is 2.35. The molecule has 7 heteroatoms. The Labute approximate surface area is 146 Å². The molecule has 2 aliphatic heterocycles. The number of carbonyl (C=O) groups excluding carboxylic acids is 2. The number of fused-ring (bicyclic) bond motifs is 1. The Kier molecular flexibility index (Phi) is 4.92. The molecule has 1 fully saturated rings. The Hall–Kier alpha value is -2.57. The predicted molar refractivity (Wildman–Crippen MR) is 90.7 cm³/mol. The molecule has 0 spiro atoms. The van der Waals surface area contributed by atoms with Crippen molar-refractivity contribution in [3.05, 3.63) is 23.8 Å². The minimum atomic E-state index is -0.852. The highest BCUT2D eigenvalue weighted by atomic mass is 16.5. The zero-order valence-corrected chi connectivity index (χ0v) is 14.2. The molecular formula is C18H22N2O5. The van der Waals surface area contributed by atoms with E-state index in [4.69, 9.17) is 9.84 Å². The van der Waals surface area contributed by atoms with Gasteiger partial charge in [-0.1, -0.05) is 6.07 Å². The lowest BCUT2D eigenvalue weighted by Crippen LogP contribution is -2.44. The molecule has 1 aromatic rings. The second-order valence-corrected chi connectivity index (χ2v) is 6.51. The second kappa shape index (κ2) is 7.13. The summed E-state index contributed by atoms with van der Waals surface area (Å²) in [6, 6.07) is 5.02. The lowest BCUT2D eigenvalue weighted by molar-refractivity contribution is -0.137. The van der Waals surface area contributed by atoms with Crippen LogP contribution in [-0.4, -0.2) is 46.5 Å². The second-order valence-electron chi connectivity index (χ2n) is 6.51. The molecule has 2 heterocycles. The number of ether oxygens (including phenoxy) is 1. The van der Waals surface area contributed by atoms with E-state index < -0.39 is 12.1 Å². The lowest BCUT2D eigenvalue weighted by atomic mass is 9.96. The maximum atomic E-state index is 13.1. The molecule has 134 valence electrons. The van der Waals surface area contributed by atoms with Crippen LogP contribution in [0.3, 0.4) is 0 Å². The summed E-state index contributed by atoms with van der Waals surface area (Å²) < 4.78 is 5.67. The van der Waals surface area contributed by atoms with Crippen molar-refractivity contribution in [2.45, 2.75) is 51.2 Å². The fourth-order valence-corrected chi connectivity index (χ4v) is 3.41. The van der Waals surface area contributed by atoms with Crippen LogP contribution in [-0.2, 0) is 9.59 Å². The fraction of sp³-hybridized carbons (Fsp3) is 0.500. The van der Waals surface area contributed by atoms with Crippen LogP contribution in [0.4, 0.5) is 5.69 Å². The highest BCUT2D eigenvalue weighted by Gasteiger charge is 2.32. The smallest absolute Gasteiger partial charge is 0.303 e. The van der Waals surface area contributed by atoms with Gasteiger partial charge in [-0.2, -0.15) is 0 Å². The number of likely N-dealkylation sites (tertiary alicyclic amines) is 1. The Bertz CT molecular complexity index is 703. The van der Waals surface area contributed by atoms with Gasteiger partial charge in [0.15, 0.2) is 11.9 Å². The van der Waals surface area contributed by atoms with E-state index in [1.807, 2.05) is 0 Å². The number of benzene rings is 1. The van der Waals surface area contributed by atoms with E-state index in [0.29, 0.717) is 30.0 Å². The van der Waals surface area contributed by atoms with Crippen LogP contribution in [0, 0.1) is 0 Å². The molecule has 0 radical (unpaired) electrons. The molecule has 0 aliphatic carbocycles. The number of piperidine rings is 1. The number of amides is 2. The quantitative estimate of drug-likeness (QED) is 0.872. The topological polar surface area (TPSA) is 95.9 Å². The zero-order chi connectivity index (χ0) is 18.0. The van der Waals surface area contributed by atoms with Crippen LogP contribution in [0.2, 0.25) is 0 Å². The summed E-state index contributed by atoms with van der Waals surface area (Å²) in [5.41, 5.74) is 0.902. The van der Waals surface area contributed by atoms with Gasteiger partial charge in [-0.3, -0.25) is 14.4 Å². The van der Waals surface area contributed by atoms with Gasteiger partial charge >= 0.3 is 5.97 Å². The fourth-order valence-electron chi connectivity index (χ4n) is 3.41. The average molecular weight is 346 g/mol. The van der Waals surface area contributed by atoms with E-state index in [9.17, 15) is 14.4 Å². The van der Waals surface area contributed by atoms with Crippen molar-refractivity contribution in [3.63, 3.8) is 0 Å². The third-order valence-corrected chi connectivity index (χ3v) is 4.75. The SMILES string of the molecule is CC1Oc2c(cccc2C(=O)N2CCCCC2CCC(=O)O)NC1=O. The van der Waals surface area contributed by atoms with Crippen molar-refractivity contribution in [1.29, 1.82) is 0 Å². The van der Waals surface area contributed by atoms with Crippen LogP contribution >= 0.6 is 0 Å². The number of nitrogens with zero attached hydrogens (tertiary/aromatic N) is 1. The van der Waals surface area contributed by atoms with E-state index >= 15 is 0 Å². The maximum Gasteiger partial charge on any atom is 0.303 e. The first kappa shape index (κ1) is 17.3. The van der Waals surface area contributed by atoms with Gasteiger partial charge in [0, 0.05) is 19.0 Å². The van der Waals surface area contributed by atoms with Gasteiger partial charge in [0.25, 0.3) is 11.8 Å². The molecule has 25 heavy (non-hydrogen) atoms. The van der Waals surface area contributed by atoms with E-state index in [1.54, 1.807) is 30.0 Å². The van der Waals surface area contributed by atoms with Crippen LogP contribution < -0.4 is 10.1 Å². The highest BCUT2D eigenvalue weighted by molar-refractivity contribution is 6.04. The number of rotatable bonds is 4. The van der Waals surface area contributed by atoms with Gasteiger partial charge in [-0.05, 0) is 44.7 Å². The van der Waals surface area contributed by atoms with Gasteiger partial charge in [0.1, 0.15) is 0 Å². The van der Waals surface area contributed by atoms with E-state index in [0.717, 1.165) is 19.3 Å². The normalized spacial score (nSPS) is 22.6. The number of carboxylic acid groups (broad SMARTS) is 1. The molecule has 2 amide bonds. The standard InChI is InChI=1S/C18H22N2O5/c1-11-17(23)19-14-7-4-6-13(16(14)25-11)18(24)20-10-3-2-5-12(20)8-9-15(21)22/h4,6-7,11-12H,2-3,5,8-10H2,1H3,(H,19,23)(H,21,22). The maximum absolute atomic E-state index is 13.1. The number of nitrogens with one attached hydrogen (secondary N) is 1. The molecule has 0 saturated carbocycles. The van der Waals surface area contributed by atoms with E-state index in [2.05, 4.69) is 5.32 Å². The van der Waals surface area contributed by atoms with Crippen molar-refractivity contribution >= 4 is 23.5 Å². The predicted octanol–water partition coefficient (Wildman–Crippen LogP) is 2.27. The number of anilines is 1. The van der Waals surface area contributed by atoms with Crippen molar-refractivity contribution < 1.29 is 24.2 Å². The third kappa shape index (κ3) is 3.60. The monoisotopic (exact) mass is 346 g/mol. The van der Waals surface area contributed by atoms with Crippen LogP contribution in [0.15, 0.2) is 18.2 Å². The number of aliphatic carboxylic acids is 1. The first-order valence-corrected chi connectivity index (χ1v) is 8.60. The first-order valence-electron chi connectivity index (χ1n) is 8.60. The Balaban J connectivity index is 1.85.